The third kappa shape index (κ3) is 2.81. The van der Waals surface area contributed by atoms with Crippen molar-refractivity contribution in [2.45, 2.75) is 25.6 Å². The van der Waals surface area contributed by atoms with Crippen LogP contribution >= 0.6 is 0 Å². The smallest absolute Gasteiger partial charge is 0.195 e. The molecule has 0 bridgehead atoms. The number of para-hydroxylation sites is 1. The number of hydrazine groups is 1. The summed E-state index contributed by atoms with van der Waals surface area (Å²) in [7, 11) is 0. The maximum Gasteiger partial charge on any atom is 0.195 e. The van der Waals surface area contributed by atoms with E-state index >= 15 is 0 Å². The van der Waals surface area contributed by atoms with Crippen LogP contribution in [0.3, 0.4) is 0 Å². The van der Waals surface area contributed by atoms with E-state index < -0.39 is 0 Å². The van der Waals surface area contributed by atoms with E-state index in [1.165, 1.54) is 16.7 Å². The van der Waals surface area contributed by atoms with Gasteiger partial charge in [-0.2, -0.15) is 5.01 Å². The third-order valence-electron chi connectivity index (χ3n) is 5.36. The summed E-state index contributed by atoms with van der Waals surface area (Å²) < 4.78 is 6.42. The minimum Gasteiger partial charge on any atom is -0.469 e. The molecule has 2 atom stereocenters. The summed E-state index contributed by atoms with van der Waals surface area (Å²) in [6, 6.07) is 27.7. The Labute approximate surface area is 159 Å². The molecule has 2 heterocycles. The molecule has 3 aromatic rings. The highest BCUT2D eigenvalue weighted by atomic mass is 16.5. The molecule has 0 aliphatic carbocycles. The second-order valence-electron chi connectivity index (χ2n) is 7.01. The first-order valence-corrected chi connectivity index (χ1v) is 9.50. The number of ether oxygens (including phenoxy) is 1. The van der Waals surface area contributed by atoms with E-state index in [1.807, 2.05) is 12.1 Å². The lowest BCUT2D eigenvalue weighted by molar-refractivity contribution is -0.0326. The fourth-order valence-corrected chi connectivity index (χ4v) is 3.86. The summed E-state index contributed by atoms with van der Waals surface area (Å²) in [6.45, 7) is 2.18. The summed E-state index contributed by atoms with van der Waals surface area (Å²) in [5, 5.41) is 2.21. The van der Waals surface area contributed by atoms with Crippen molar-refractivity contribution in [2.75, 3.05) is 0 Å². The molecule has 3 aromatic carbocycles. The lowest BCUT2D eigenvalue weighted by atomic mass is 10.0. The Morgan fingerprint density at radius 2 is 1.63 bits per heavy atom. The fourth-order valence-electron chi connectivity index (χ4n) is 3.86. The average Bonchev–Trinajstić information content (AvgIpc) is 3.20. The molecule has 3 nitrogen and oxygen atoms in total. The number of benzene rings is 3. The van der Waals surface area contributed by atoms with Gasteiger partial charge in [0.15, 0.2) is 6.23 Å². The second-order valence-corrected chi connectivity index (χ2v) is 7.01. The van der Waals surface area contributed by atoms with E-state index in [9.17, 15) is 0 Å². The van der Waals surface area contributed by atoms with Crippen molar-refractivity contribution in [3.8, 4) is 5.75 Å². The maximum absolute atomic E-state index is 6.42. The Morgan fingerprint density at radius 3 is 2.41 bits per heavy atom. The molecule has 0 amide bonds. The van der Waals surface area contributed by atoms with Crippen LogP contribution in [-0.4, -0.2) is 5.01 Å². The Bertz CT molecular complexity index is 979. The van der Waals surface area contributed by atoms with Gasteiger partial charge in [0.25, 0.3) is 0 Å². The molecule has 0 saturated heterocycles. The van der Waals surface area contributed by atoms with Gasteiger partial charge < -0.3 is 10.2 Å². The number of fused-ring (bicyclic) bond motifs is 3. The van der Waals surface area contributed by atoms with Crippen LogP contribution in [0.2, 0.25) is 0 Å². The van der Waals surface area contributed by atoms with Gasteiger partial charge in [0.05, 0.1) is 11.7 Å². The van der Waals surface area contributed by atoms with Crippen molar-refractivity contribution >= 4 is 5.70 Å². The molecule has 134 valence electrons. The normalized spacial score (nSPS) is 20.9. The summed E-state index contributed by atoms with van der Waals surface area (Å²) in [6.07, 6.45) is 3.16. The van der Waals surface area contributed by atoms with Crippen LogP contribution in [0.25, 0.3) is 5.70 Å². The second kappa shape index (κ2) is 6.60. The minimum absolute atomic E-state index is 0.140. The van der Waals surface area contributed by atoms with E-state index in [0.717, 1.165) is 23.4 Å². The number of nitrogens with one attached hydrogen (secondary N) is 1. The largest absolute Gasteiger partial charge is 0.469 e. The zero-order valence-electron chi connectivity index (χ0n) is 15.3. The molecule has 5 rings (SSSR count). The van der Waals surface area contributed by atoms with Crippen molar-refractivity contribution in [3.05, 3.63) is 107 Å². The molecular weight excluding hydrogens is 332 g/mol. The van der Waals surface area contributed by atoms with Crippen molar-refractivity contribution in [2.24, 2.45) is 0 Å². The van der Waals surface area contributed by atoms with Gasteiger partial charge >= 0.3 is 0 Å². The summed E-state index contributed by atoms with van der Waals surface area (Å²) in [5.41, 5.74) is 9.59. The molecule has 0 radical (unpaired) electrons. The van der Waals surface area contributed by atoms with Crippen molar-refractivity contribution in [3.63, 3.8) is 0 Å². The highest BCUT2D eigenvalue weighted by Crippen LogP contribution is 2.45. The first-order chi connectivity index (χ1) is 13.3. The summed E-state index contributed by atoms with van der Waals surface area (Å²) >= 11 is 0. The van der Waals surface area contributed by atoms with Gasteiger partial charge in [0.2, 0.25) is 0 Å². The topological polar surface area (TPSA) is 24.5 Å². The Morgan fingerprint density at radius 1 is 0.889 bits per heavy atom. The van der Waals surface area contributed by atoms with Crippen molar-refractivity contribution in [1.82, 2.24) is 10.4 Å². The van der Waals surface area contributed by atoms with Gasteiger partial charge in [-0.25, -0.2) is 0 Å². The van der Waals surface area contributed by atoms with Gasteiger partial charge in [-0.05, 0) is 29.7 Å². The molecule has 0 saturated carbocycles. The highest BCUT2D eigenvalue weighted by molar-refractivity contribution is 5.67. The van der Waals surface area contributed by atoms with E-state index in [-0.39, 0.29) is 12.3 Å². The van der Waals surface area contributed by atoms with Gasteiger partial charge in [-0.1, -0.05) is 79.7 Å². The predicted octanol–water partition coefficient (Wildman–Crippen LogP) is 5.24. The zero-order valence-corrected chi connectivity index (χ0v) is 15.3. The molecule has 0 unspecified atom stereocenters. The van der Waals surface area contributed by atoms with Crippen molar-refractivity contribution in [1.29, 1.82) is 0 Å². The SMILES string of the molecule is CCc1ccc([C@@H]2Oc3ccccc3[C@H]3C=C(c4ccccc4)NN32)cc1. The summed E-state index contributed by atoms with van der Waals surface area (Å²) in [5.74, 6) is 0.954. The Hall–Kier alpha value is -3.04. The summed E-state index contributed by atoms with van der Waals surface area (Å²) in [4.78, 5) is 0. The molecule has 0 aromatic heterocycles. The van der Waals surface area contributed by atoms with Gasteiger partial charge in [0.1, 0.15) is 5.75 Å². The van der Waals surface area contributed by atoms with Crippen LogP contribution in [0.4, 0.5) is 0 Å². The maximum atomic E-state index is 6.42. The van der Waals surface area contributed by atoms with Crippen LogP contribution in [0.5, 0.6) is 5.75 Å². The fraction of sp³-hybridized carbons (Fsp3) is 0.167. The highest BCUT2D eigenvalue weighted by Gasteiger charge is 2.39. The van der Waals surface area contributed by atoms with E-state index in [1.54, 1.807) is 0 Å². The Kier molecular flexibility index (Phi) is 3.95. The zero-order chi connectivity index (χ0) is 18.2. The van der Waals surface area contributed by atoms with Crippen LogP contribution < -0.4 is 10.2 Å². The quantitative estimate of drug-likeness (QED) is 0.696. The number of aryl methyl sites for hydroxylation is 1. The van der Waals surface area contributed by atoms with Crippen molar-refractivity contribution < 1.29 is 4.74 Å². The average molecular weight is 354 g/mol. The molecule has 2 aliphatic heterocycles. The van der Waals surface area contributed by atoms with Crippen LogP contribution in [0, 0.1) is 0 Å². The van der Waals surface area contributed by atoms with Crippen LogP contribution in [0.1, 0.15) is 41.4 Å². The number of hydrogen-bond acceptors (Lipinski definition) is 3. The molecular formula is C24H22N2O. The van der Waals surface area contributed by atoms with Gasteiger partial charge in [-0.15, -0.1) is 0 Å². The minimum atomic E-state index is -0.173. The van der Waals surface area contributed by atoms with Crippen LogP contribution in [-0.2, 0) is 6.42 Å². The van der Waals surface area contributed by atoms with E-state index in [2.05, 4.69) is 90.2 Å². The van der Waals surface area contributed by atoms with Gasteiger partial charge in [0, 0.05) is 11.1 Å². The third-order valence-corrected chi connectivity index (χ3v) is 5.36. The molecule has 0 spiro atoms. The molecule has 2 aliphatic rings. The standard InChI is InChI=1S/C24H22N2O/c1-2-17-12-14-19(15-13-17)24-26-22(20-10-6-7-11-23(20)27-24)16-21(25-26)18-8-4-3-5-9-18/h3-16,22,24-25H,2H2,1H3/t22-,24+/m1/s1. The number of nitrogens with zero attached hydrogens (tertiary/aromatic N) is 1. The first-order valence-electron chi connectivity index (χ1n) is 9.50. The van der Waals surface area contributed by atoms with E-state index in [4.69, 9.17) is 4.74 Å². The first kappa shape index (κ1) is 16.2. The van der Waals surface area contributed by atoms with Gasteiger partial charge in [-0.3, -0.25) is 0 Å². The molecule has 3 heteroatoms. The lowest BCUT2D eigenvalue weighted by Gasteiger charge is -2.39. The number of hydrogen-bond donors (Lipinski definition) is 1. The lowest BCUT2D eigenvalue weighted by Crippen LogP contribution is -2.43. The molecule has 1 N–H and O–H groups in total. The monoisotopic (exact) mass is 354 g/mol. The van der Waals surface area contributed by atoms with Crippen LogP contribution in [0.15, 0.2) is 84.9 Å². The van der Waals surface area contributed by atoms with E-state index in [0.29, 0.717) is 0 Å². The predicted molar refractivity (Wildman–Crippen MR) is 108 cm³/mol. The molecule has 27 heavy (non-hydrogen) atoms. The number of rotatable bonds is 3. The molecule has 0 fully saturated rings. The Balaban J connectivity index is 1.56.